The van der Waals surface area contributed by atoms with E-state index in [4.69, 9.17) is 49.2 Å². The number of hydrogen-bond donors (Lipinski definition) is 10. The van der Waals surface area contributed by atoms with Gasteiger partial charge in [-0.1, -0.05) is 62.2 Å². The number of fused-ring (bicyclic) bond motifs is 6. The highest BCUT2D eigenvalue weighted by Crippen LogP contribution is 2.50. The van der Waals surface area contributed by atoms with Crippen molar-refractivity contribution in [2.45, 2.75) is 76.7 Å². The number of aliphatic hydroxyl groups excluding tert-OH is 5. The molecule has 40 heteroatoms. The number of nitrogens with zero attached hydrogens (tertiary/aromatic N) is 5. The zero-order valence-corrected chi connectivity index (χ0v) is 79.5. The van der Waals surface area contributed by atoms with Crippen molar-refractivity contribution in [2.75, 3.05) is 99.1 Å². The lowest BCUT2D eigenvalue weighted by atomic mass is 9.93. The number of aliphatic hydroxyl groups is 5. The van der Waals surface area contributed by atoms with Crippen molar-refractivity contribution in [1.82, 2.24) is 51.5 Å². The Hall–Kier alpha value is -10.1. The number of hydrogen-bond acceptors (Lipinski definition) is 25. The summed E-state index contributed by atoms with van der Waals surface area (Å²) in [6.07, 6.45) is 2.08. The third kappa shape index (κ3) is 25.9. The predicted octanol–water partition coefficient (Wildman–Crippen LogP) is 10.1. The van der Waals surface area contributed by atoms with Crippen molar-refractivity contribution in [3.05, 3.63) is 310 Å². The van der Waals surface area contributed by atoms with E-state index >= 15 is 0 Å². The second kappa shape index (κ2) is 47.2. The van der Waals surface area contributed by atoms with Gasteiger partial charge in [-0.3, -0.25) is 47.9 Å². The van der Waals surface area contributed by atoms with Gasteiger partial charge in [-0.15, -0.1) is 0 Å². The fraction of sp³-hybridized carbons (Fsp3) is 0.293. The Morgan fingerprint density at radius 1 is 0.356 bits per heavy atom. The molecule has 30 nitrogen and oxygen atoms in total. The number of aromatic nitrogens is 5. The molecule has 132 heavy (non-hydrogen) atoms. The van der Waals surface area contributed by atoms with Crippen LogP contribution in [0.3, 0.4) is 0 Å². The van der Waals surface area contributed by atoms with E-state index in [1.165, 1.54) is 30.3 Å². The first-order valence-corrected chi connectivity index (χ1v) is 45.6. The number of benzene rings is 6. The number of ketones is 5. The molecule has 10 aromatic rings. The number of rotatable bonds is 35. The van der Waals surface area contributed by atoms with E-state index in [1.54, 1.807) is 91.0 Å². The topological polar surface area (TPSA) is 443 Å². The van der Waals surface area contributed by atoms with Gasteiger partial charge in [0.1, 0.15) is 84.9 Å². The molecule has 0 unspecified atom stereocenters. The van der Waals surface area contributed by atoms with Crippen LogP contribution in [0.4, 0.5) is 22.0 Å². The lowest BCUT2D eigenvalue weighted by Crippen LogP contribution is -2.25. The highest BCUT2D eigenvalue weighted by molar-refractivity contribution is 14.1. The molecule has 6 aromatic carbocycles. The van der Waals surface area contributed by atoms with Crippen LogP contribution in [0, 0.1) is 39.8 Å². The molecular weight excluding hydrogens is 2200 g/mol. The van der Waals surface area contributed by atoms with Gasteiger partial charge < -0.3 is 75.8 Å². The molecule has 1 spiro atoms. The molecule has 1 fully saturated rings. The number of amides is 5. The Labute approximate surface area is 808 Å². The molecule has 1 saturated carbocycles. The van der Waals surface area contributed by atoms with Crippen molar-refractivity contribution in [3.8, 4) is 0 Å². The van der Waals surface area contributed by atoms with Crippen LogP contribution in [-0.2, 0) is 87.5 Å². The van der Waals surface area contributed by atoms with Crippen LogP contribution in [0.1, 0.15) is 201 Å². The number of pyridine rings is 3. The molecular formula is C92H82Br2F5I3N10O20. The van der Waals surface area contributed by atoms with Gasteiger partial charge in [-0.2, -0.15) is 0 Å². The fourth-order valence-electron chi connectivity index (χ4n) is 14.4. The van der Waals surface area contributed by atoms with Gasteiger partial charge in [0.05, 0.1) is 107 Å². The number of carbonyl (C=O) groups is 10. The van der Waals surface area contributed by atoms with Crippen LogP contribution in [0.25, 0.3) is 0 Å². The molecule has 5 aliphatic heterocycles. The van der Waals surface area contributed by atoms with Crippen LogP contribution < -0.4 is 26.6 Å². The Morgan fingerprint density at radius 2 is 0.697 bits per heavy atom. The minimum Gasteiger partial charge on any atom is -0.394 e. The number of halogens is 10. The van der Waals surface area contributed by atoms with E-state index in [0.29, 0.717) is 129 Å². The average Bonchev–Trinajstić information content (AvgIpc) is 1.55. The average molecular weight is 2280 g/mol. The minimum absolute atomic E-state index is 0.0191. The molecule has 0 atom stereocenters. The molecule has 16 rings (SSSR count). The fourth-order valence-corrected chi connectivity index (χ4v) is 16.4. The lowest BCUT2D eigenvalue weighted by Gasteiger charge is -2.13. The first-order valence-electron chi connectivity index (χ1n) is 40.8. The van der Waals surface area contributed by atoms with Gasteiger partial charge in [0.2, 0.25) is 5.78 Å². The lowest BCUT2D eigenvalue weighted by molar-refractivity contribution is 0.0654. The first kappa shape index (κ1) is 101. The van der Waals surface area contributed by atoms with Gasteiger partial charge >= 0.3 is 0 Å². The maximum absolute atomic E-state index is 14.4. The molecule has 9 heterocycles. The van der Waals surface area contributed by atoms with Gasteiger partial charge in [0.25, 0.3) is 29.5 Å². The monoisotopic (exact) mass is 2280 g/mol. The maximum Gasteiger partial charge on any atom is 0.272 e. The van der Waals surface area contributed by atoms with Crippen molar-refractivity contribution in [3.63, 3.8) is 0 Å². The summed E-state index contributed by atoms with van der Waals surface area (Å²) in [4.78, 5) is 144. The van der Waals surface area contributed by atoms with Gasteiger partial charge in [0.15, 0.2) is 28.8 Å². The molecule has 1 aliphatic carbocycles. The van der Waals surface area contributed by atoms with E-state index < -0.39 is 28.8 Å². The molecule has 6 aliphatic rings. The molecule has 0 saturated heterocycles. The zero-order chi connectivity index (χ0) is 94.6. The van der Waals surface area contributed by atoms with Crippen LogP contribution in [0.15, 0.2) is 130 Å². The summed E-state index contributed by atoms with van der Waals surface area (Å²) < 4.78 is 100. The van der Waals surface area contributed by atoms with E-state index in [-0.39, 0.29) is 231 Å². The van der Waals surface area contributed by atoms with E-state index in [0.717, 1.165) is 34.7 Å². The van der Waals surface area contributed by atoms with Crippen LogP contribution in [-0.4, -0.2) is 208 Å². The summed E-state index contributed by atoms with van der Waals surface area (Å²) in [5, 5.41) is 57.5. The van der Waals surface area contributed by atoms with Gasteiger partial charge in [-0.25, -0.2) is 46.9 Å². The van der Waals surface area contributed by atoms with Gasteiger partial charge in [0, 0.05) is 116 Å². The second-order valence-corrected chi connectivity index (χ2v) is 35.7. The van der Waals surface area contributed by atoms with E-state index in [9.17, 15) is 69.9 Å². The Kier molecular flexibility index (Phi) is 36.1. The molecule has 4 aromatic heterocycles. The largest absolute Gasteiger partial charge is 0.394 e. The predicted molar refractivity (Wildman–Crippen MR) is 495 cm³/mol. The van der Waals surface area contributed by atoms with E-state index in [2.05, 4.69) is 83.4 Å². The number of nitrogens with one attached hydrogen (secondary N) is 5. The van der Waals surface area contributed by atoms with Crippen molar-refractivity contribution in [1.29, 1.82) is 0 Å². The Morgan fingerprint density at radius 3 is 1.11 bits per heavy atom. The standard InChI is InChI=1S/C20H18FIN2O4.C19H17BrFNO4.C18H16BrFN2O4.C18H16FIN2O4.C17H15FIN3O4/c21-15-8-12(22)2-1-11(15)7-16-13(17(26)10-28-6-5-25)9-14-18(23-16)19(27)24-20(14)3-4-20;20-14-2-1-11(17(21)8-14)5-12-6-16-13(9-22-19(16)25)7-15(12)18(24)10-26-4-3-23;19-12-2-1-10(14(20)7-12)6-15-13(16(24)9-26-4-3-23)5-11-8-21-18(25)17(11)22-15;19-14-7-12(20)2-1-10(14)6-15-13(16(24)9-26-4-3-23)5-11-8-21-18(25)17(11)22-15;18-11-6-10(19)2-1-9(11)5-12-15(14(24)8-26-4-3-23)22-13-7-20-17(25)16(13)21-12/h1-2,8-9,25H,3-7,10H2,(H,24,27);1-2,6-8,23H,3-5,9-10H2,(H,22,25);2*1-2,5,7,23H,3-4,6,8-9H2,(H,21,25);1-2,6,23H,3-5,7-8H2,(H,20,25). The molecule has 690 valence electrons. The zero-order valence-electron chi connectivity index (χ0n) is 69.8. The van der Waals surface area contributed by atoms with E-state index in [1.807, 2.05) is 67.8 Å². The minimum atomic E-state index is -0.436. The SMILES string of the molecule is O=C(COCCO)c1cc2c(cc1Cc1ccc(Br)cc1F)C(=O)NC2.O=C(COCCO)c1cc2c(nc1Cc1ccc(Br)cc1F)C(=O)NC2.O=C(COCCO)c1cc2c(nc1Cc1ccc(I)cc1F)C(=O)NC2.O=C(COCCO)c1cc2c(nc1Cc1ccc(I)cc1F)C(=O)NC21CC1.O=C(COCCO)c1nc2c(nc1Cc1ccc(I)cc1F)C(=O)NC2. The summed E-state index contributed by atoms with van der Waals surface area (Å²) in [6, 6.07) is 32.0. The highest BCUT2D eigenvalue weighted by atomic mass is 127. The highest BCUT2D eigenvalue weighted by Gasteiger charge is 2.53. The second-order valence-electron chi connectivity index (χ2n) is 30.2. The number of carbonyl (C=O) groups excluding carboxylic acids is 10. The number of ether oxygens (including phenoxy) is 5. The maximum atomic E-state index is 14.4. The molecule has 5 amide bonds. The van der Waals surface area contributed by atoms with Crippen molar-refractivity contribution < 1.29 is 119 Å². The number of Topliss-reactive ketones (excluding diaryl/α,β-unsaturated/α-hetero) is 5. The summed E-state index contributed by atoms with van der Waals surface area (Å²) in [7, 11) is 0. The smallest absolute Gasteiger partial charge is 0.272 e. The molecule has 10 N–H and O–H groups in total. The van der Waals surface area contributed by atoms with Crippen molar-refractivity contribution >= 4 is 158 Å². The van der Waals surface area contributed by atoms with Gasteiger partial charge in [-0.05, 0) is 211 Å². The normalized spacial score (nSPS) is 13.5. The quantitative estimate of drug-likeness (QED) is 0.00763. The molecule has 0 radical (unpaired) electrons. The van der Waals surface area contributed by atoms with Crippen molar-refractivity contribution in [2.24, 2.45) is 0 Å². The first-order chi connectivity index (χ1) is 63.4. The Balaban J connectivity index is 0.000000149. The third-order valence-electron chi connectivity index (χ3n) is 21.0. The third-order valence-corrected chi connectivity index (χ3v) is 24.0. The summed E-state index contributed by atoms with van der Waals surface area (Å²) in [5.41, 5.74) is 9.29. The Bertz CT molecular complexity index is 5590. The van der Waals surface area contributed by atoms with Crippen LogP contribution in [0.5, 0.6) is 0 Å². The summed E-state index contributed by atoms with van der Waals surface area (Å²) in [6.45, 7) is -0.680. The summed E-state index contributed by atoms with van der Waals surface area (Å²) >= 11 is 12.5. The molecule has 0 bridgehead atoms. The van der Waals surface area contributed by atoms with Crippen LogP contribution in [0.2, 0.25) is 0 Å². The van der Waals surface area contributed by atoms with Crippen LogP contribution >= 0.6 is 99.6 Å². The summed E-state index contributed by atoms with van der Waals surface area (Å²) in [5.74, 6) is -5.12.